The minimum Gasteiger partial charge on any atom is -0.457 e. The molecule has 8 nitrogen and oxygen atoms in total. The fourth-order valence-electron chi connectivity index (χ4n) is 3.33. The maximum Gasteiger partial charge on any atom is 0.258 e. The van der Waals surface area contributed by atoms with Crippen molar-refractivity contribution < 1.29 is 4.74 Å². The molecule has 4 aromatic heterocycles. The predicted octanol–water partition coefficient (Wildman–Crippen LogP) is 3.50. The lowest BCUT2D eigenvalue weighted by molar-refractivity contribution is 0.483. The van der Waals surface area contributed by atoms with Gasteiger partial charge >= 0.3 is 0 Å². The third kappa shape index (κ3) is 4.04. The fourth-order valence-corrected chi connectivity index (χ4v) is 3.33. The number of nitrogens with one attached hydrogen (secondary N) is 1. The highest BCUT2D eigenvalue weighted by atomic mass is 16.5. The molecule has 0 fully saturated rings. The van der Waals surface area contributed by atoms with E-state index < -0.39 is 0 Å². The van der Waals surface area contributed by atoms with Crippen LogP contribution in [0.1, 0.15) is 11.4 Å². The highest BCUT2D eigenvalue weighted by molar-refractivity contribution is 5.79. The van der Waals surface area contributed by atoms with E-state index in [2.05, 4.69) is 25.0 Å². The Morgan fingerprint density at radius 2 is 1.97 bits per heavy atom. The zero-order chi connectivity index (χ0) is 21.2. The molecule has 31 heavy (non-hydrogen) atoms. The van der Waals surface area contributed by atoms with Crippen LogP contribution in [0.2, 0.25) is 0 Å². The van der Waals surface area contributed by atoms with Gasteiger partial charge in [0.15, 0.2) is 0 Å². The number of aromatic nitrogens is 6. The molecular formula is C23H18N6O2. The number of fused-ring (bicyclic) bond motifs is 1. The number of hydrogen-bond acceptors (Lipinski definition) is 6. The number of aryl methyl sites for hydroxylation is 1. The summed E-state index contributed by atoms with van der Waals surface area (Å²) in [5, 5.41) is 4.64. The summed E-state index contributed by atoms with van der Waals surface area (Å²) in [6.07, 6.45) is 9.29. The van der Waals surface area contributed by atoms with Crippen molar-refractivity contribution in [2.45, 2.75) is 6.42 Å². The third-order valence-corrected chi connectivity index (χ3v) is 4.79. The molecule has 0 spiro atoms. The Labute approximate surface area is 177 Å². The molecule has 0 saturated carbocycles. The van der Waals surface area contributed by atoms with Gasteiger partial charge in [0.05, 0.1) is 22.8 Å². The maximum atomic E-state index is 12.6. The number of hydrogen-bond donors (Lipinski definition) is 1. The molecule has 0 bridgehead atoms. The number of nitrogens with zero attached hydrogens (tertiary/aromatic N) is 5. The van der Waals surface area contributed by atoms with Gasteiger partial charge < -0.3 is 9.72 Å². The zero-order valence-electron chi connectivity index (χ0n) is 16.7. The van der Waals surface area contributed by atoms with Crippen molar-refractivity contribution >= 4 is 10.9 Å². The van der Waals surface area contributed by atoms with Gasteiger partial charge in [0.1, 0.15) is 17.3 Å². The molecule has 0 aliphatic rings. The van der Waals surface area contributed by atoms with Gasteiger partial charge in [-0.05, 0) is 35.9 Å². The molecule has 0 atom stereocenters. The van der Waals surface area contributed by atoms with Gasteiger partial charge in [-0.15, -0.1) is 0 Å². The Kier molecular flexibility index (Phi) is 4.72. The van der Waals surface area contributed by atoms with Crippen LogP contribution in [0.25, 0.3) is 22.2 Å². The largest absolute Gasteiger partial charge is 0.457 e. The molecule has 0 radical (unpaired) electrons. The minimum absolute atomic E-state index is 0.208. The summed E-state index contributed by atoms with van der Waals surface area (Å²) in [6, 6.07) is 12.7. The molecule has 8 heteroatoms. The summed E-state index contributed by atoms with van der Waals surface area (Å²) in [5.74, 6) is 1.75. The predicted molar refractivity (Wildman–Crippen MR) is 116 cm³/mol. The highest BCUT2D eigenvalue weighted by Gasteiger charge is 2.09. The fraction of sp³-hybridized carbons (Fsp3) is 0.0870. The highest BCUT2D eigenvalue weighted by Crippen LogP contribution is 2.27. The molecule has 4 heterocycles. The van der Waals surface area contributed by atoms with E-state index in [-0.39, 0.29) is 5.56 Å². The second kappa shape index (κ2) is 7.83. The van der Waals surface area contributed by atoms with E-state index in [4.69, 9.17) is 4.74 Å². The van der Waals surface area contributed by atoms with E-state index in [1.165, 1.54) is 0 Å². The molecule has 0 aliphatic heterocycles. The Morgan fingerprint density at radius 3 is 2.77 bits per heavy atom. The van der Waals surface area contributed by atoms with E-state index in [9.17, 15) is 4.79 Å². The van der Waals surface area contributed by atoms with Crippen LogP contribution < -0.4 is 10.3 Å². The molecule has 5 rings (SSSR count). The molecule has 0 amide bonds. The van der Waals surface area contributed by atoms with Crippen molar-refractivity contribution in [3.63, 3.8) is 0 Å². The van der Waals surface area contributed by atoms with Crippen LogP contribution in [0.5, 0.6) is 11.5 Å². The van der Waals surface area contributed by atoms with Crippen LogP contribution in [-0.4, -0.2) is 29.7 Å². The van der Waals surface area contributed by atoms with Crippen molar-refractivity contribution in [2.75, 3.05) is 0 Å². The third-order valence-electron chi connectivity index (χ3n) is 4.79. The molecule has 5 aromatic rings. The van der Waals surface area contributed by atoms with E-state index in [0.717, 1.165) is 16.8 Å². The van der Waals surface area contributed by atoms with Crippen LogP contribution in [0.3, 0.4) is 0 Å². The number of ether oxygens (including phenoxy) is 1. The Balaban J connectivity index is 1.42. The molecule has 1 aromatic carbocycles. The minimum atomic E-state index is -0.208. The average molecular weight is 410 g/mol. The summed E-state index contributed by atoms with van der Waals surface area (Å²) >= 11 is 0. The van der Waals surface area contributed by atoms with Crippen molar-refractivity contribution in [3.8, 4) is 22.8 Å². The molecular weight excluding hydrogens is 392 g/mol. The number of pyridine rings is 2. The molecule has 1 N–H and O–H groups in total. The Hall–Kier alpha value is -4.33. The van der Waals surface area contributed by atoms with Crippen LogP contribution in [0, 0.1) is 0 Å². The van der Waals surface area contributed by atoms with Gasteiger partial charge in [-0.1, -0.05) is 6.07 Å². The van der Waals surface area contributed by atoms with Gasteiger partial charge in [-0.25, -0.2) is 4.98 Å². The van der Waals surface area contributed by atoms with Gasteiger partial charge in [0.25, 0.3) is 5.56 Å². The SMILES string of the molecule is Cn1cc(-c2cc(Oc3ccc4nc(Cc5cccnc5)[nH]c(=O)c4c3)ccn2)cn1. The standard InChI is InChI=1S/C23H18N6O2/c1-29-14-16(13-26-29)21-11-18(6-8-25-21)31-17-4-5-20-19(10-17)23(30)28-22(27-20)9-15-3-2-7-24-12-15/h2-8,10-14H,9H2,1H3,(H,27,28,30). The van der Waals surface area contributed by atoms with Gasteiger partial charge in [0, 0.05) is 49.9 Å². The average Bonchev–Trinajstić information content (AvgIpc) is 3.22. The maximum absolute atomic E-state index is 12.6. The van der Waals surface area contributed by atoms with E-state index in [1.807, 2.05) is 31.4 Å². The van der Waals surface area contributed by atoms with Crippen molar-refractivity contribution in [1.82, 2.24) is 29.7 Å². The van der Waals surface area contributed by atoms with E-state index >= 15 is 0 Å². The van der Waals surface area contributed by atoms with Gasteiger partial charge in [-0.3, -0.25) is 19.4 Å². The normalized spacial score (nSPS) is 11.0. The molecule has 0 aliphatic carbocycles. The molecule has 0 saturated heterocycles. The molecule has 152 valence electrons. The van der Waals surface area contributed by atoms with Crippen LogP contribution in [-0.2, 0) is 13.5 Å². The van der Waals surface area contributed by atoms with Crippen molar-refractivity contribution in [1.29, 1.82) is 0 Å². The first-order chi connectivity index (χ1) is 15.1. The van der Waals surface area contributed by atoms with Crippen LogP contribution in [0.15, 0.2) is 78.2 Å². The van der Waals surface area contributed by atoms with Gasteiger partial charge in [0.2, 0.25) is 0 Å². The lowest BCUT2D eigenvalue weighted by Gasteiger charge is -2.08. The lowest BCUT2D eigenvalue weighted by Crippen LogP contribution is -2.12. The first-order valence-electron chi connectivity index (χ1n) is 9.69. The second-order valence-corrected chi connectivity index (χ2v) is 7.11. The van der Waals surface area contributed by atoms with Crippen LogP contribution >= 0.6 is 0 Å². The number of aromatic amines is 1. The summed E-state index contributed by atoms with van der Waals surface area (Å²) in [5.41, 5.74) is 3.03. The molecule has 0 unspecified atom stereocenters. The van der Waals surface area contributed by atoms with Crippen molar-refractivity contribution in [2.24, 2.45) is 7.05 Å². The number of benzene rings is 1. The monoisotopic (exact) mass is 410 g/mol. The first-order valence-corrected chi connectivity index (χ1v) is 9.69. The van der Waals surface area contributed by atoms with Crippen molar-refractivity contribution in [3.05, 3.63) is 95.2 Å². The smallest absolute Gasteiger partial charge is 0.258 e. The Bertz CT molecular complexity index is 1430. The summed E-state index contributed by atoms with van der Waals surface area (Å²) in [7, 11) is 1.85. The second-order valence-electron chi connectivity index (χ2n) is 7.11. The summed E-state index contributed by atoms with van der Waals surface area (Å²) in [4.78, 5) is 28.5. The van der Waals surface area contributed by atoms with E-state index in [1.54, 1.807) is 53.7 Å². The zero-order valence-corrected chi connectivity index (χ0v) is 16.7. The van der Waals surface area contributed by atoms with Crippen LogP contribution in [0.4, 0.5) is 0 Å². The lowest BCUT2D eigenvalue weighted by atomic mass is 10.2. The number of H-pyrrole nitrogens is 1. The summed E-state index contributed by atoms with van der Waals surface area (Å²) < 4.78 is 7.70. The van der Waals surface area contributed by atoms with E-state index in [0.29, 0.717) is 34.6 Å². The Morgan fingerprint density at radius 1 is 1.06 bits per heavy atom. The van der Waals surface area contributed by atoms with Gasteiger partial charge in [-0.2, -0.15) is 5.10 Å². The quantitative estimate of drug-likeness (QED) is 0.476. The number of rotatable bonds is 5. The first kappa shape index (κ1) is 18.7. The summed E-state index contributed by atoms with van der Waals surface area (Å²) in [6.45, 7) is 0. The topological polar surface area (TPSA) is 98.6 Å².